The molecule has 4 heterocycles. The summed E-state index contributed by atoms with van der Waals surface area (Å²) in [5.74, 6) is 1.64. The van der Waals surface area contributed by atoms with Crippen molar-refractivity contribution in [3.05, 3.63) is 41.9 Å². The number of H-pyrrole nitrogens is 1. The number of methoxy groups -OCH3 is 1. The average Bonchev–Trinajstić information content (AvgIpc) is 3.43. The van der Waals surface area contributed by atoms with Gasteiger partial charge in [-0.05, 0) is 12.1 Å². The maximum absolute atomic E-state index is 6.19. The summed E-state index contributed by atoms with van der Waals surface area (Å²) >= 11 is 6.19. The summed E-state index contributed by atoms with van der Waals surface area (Å²) in [6.45, 7) is 2.28. The van der Waals surface area contributed by atoms with E-state index in [9.17, 15) is 0 Å². The van der Waals surface area contributed by atoms with Crippen molar-refractivity contribution in [3.8, 4) is 17.3 Å². The number of benzene rings is 1. The van der Waals surface area contributed by atoms with Gasteiger partial charge in [0.05, 0.1) is 24.1 Å². The Morgan fingerprint density at radius 1 is 1.27 bits per heavy atom. The van der Waals surface area contributed by atoms with Crippen LogP contribution in [0.4, 0.5) is 11.5 Å². The van der Waals surface area contributed by atoms with Crippen LogP contribution in [0.1, 0.15) is 6.17 Å². The van der Waals surface area contributed by atoms with Gasteiger partial charge in [-0.25, -0.2) is 19.6 Å². The lowest BCUT2D eigenvalue weighted by atomic mass is 10.2. The van der Waals surface area contributed by atoms with Gasteiger partial charge in [0.2, 0.25) is 0 Å². The molecule has 0 aliphatic carbocycles. The Balaban J connectivity index is 1.54. The van der Waals surface area contributed by atoms with E-state index in [4.69, 9.17) is 27.2 Å². The minimum atomic E-state index is -0.124. The topological polar surface area (TPSA) is 123 Å². The van der Waals surface area contributed by atoms with Crippen molar-refractivity contribution < 1.29 is 4.74 Å². The summed E-state index contributed by atoms with van der Waals surface area (Å²) in [5.41, 5.74) is 8.47. The van der Waals surface area contributed by atoms with Gasteiger partial charge in [0.1, 0.15) is 29.8 Å². The highest BCUT2D eigenvalue weighted by molar-refractivity contribution is 6.32. The number of halogens is 1. The fourth-order valence-electron chi connectivity index (χ4n) is 3.75. The Morgan fingerprint density at radius 3 is 2.97 bits per heavy atom. The van der Waals surface area contributed by atoms with Crippen molar-refractivity contribution in [2.75, 3.05) is 37.4 Å². The quantitative estimate of drug-likeness (QED) is 0.454. The summed E-state index contributed by atoms with van der Waals surface area (Å²) in [6.07, 6.45) is 4.75. The molecule has 10 nitrogen and oxygen atoms in total. The number of imidazole rings is 1. The van der Waals surface area contributed by atoms with E-state index < -0.39 is 0 Å². The SMILES string of the molecule is COc1cc(N2CCNC(n3nc(-c4ncc[nH]4)c4c(N)ncnc43)C2)ccc1Cl. The van der Waals surface area contributed by atoms with Crippen LogP contribution in [0.5, 0.6) is 5.75 Å². The second-order valence-electron chi connectivity index (χ2n) is 6.92. The van der Waals surface area contributed by atoms with Gasteiger partial charge in [-0.2, -0.15) is 5.10 Å². The normalized spacial score (nSPS) is 16.9. The van der Waals surface area contributed by atoms with Crippen molar-refractivity contribution in [2.24, 2.45) is 0 Å². The monoisotopic (exact) mass is 425 g/mol. The van der Waals surface area contributed by atoms with Crippen LogP contribution in [0.15, 0.2) is 36.9 Å². The third-order valence-corrected chi connectivity index (χ3v) is 5.50. The number of piperazine rings is 1. The number of rotatable bonds is 4. The highest BCUT2D eigenvalue weighted by Gasteiger charge is 2.27. The number of nitrogens with one attached hydrogen (secondary N) is 2. The number of nitrogens with two attached hydrogens (primary N) is 1. The minimum Gasteiger partial charge on any atom is -0.495 e. The Labute approximate surface area is 177 Å². The molecule has 3 aromatic heterocycles. The zero-order valence-corrected chi connectivity index (χ0v) is 17.0. The molecule has 1 atom stereocenters. The Kier molecular flexibility index (Phi) is 4.64. The first-order valence-electron chi connectivity index (χ1n) is 9.46. The Morgan fingerprint density at radius 2 is 2.17 bits per heavy atom. The molecule has 4 aromatic rings. The van der Waals surface area contributed by atoms with E-state index in [0.717, 1.165) is 18.8 Å². The van der Waals surface area contributed by atoms with Gasteiger partial charge in [0.15, 0.2) is 11.5 Å². The highest BCUT2D eigenvalue weighted by atomic mass is 35.5. The first-order chi connectivity index (χ1) is 14.7. The molecule has 154 valence electrons. The molecule has 1 aliphatic rings. The first kappa shape index (κ1) is 18.6. The van der Waals surface area contributed by atoms with Gasteiger partial charge in [0, 0.05) is 37.2 Å². The molecule has 1 aliphatic heterocycles. The van der Waals surface area contributed by atoms with Gasteiger partial charge >= 0.3 is 0 Å². The van der Waals surface area contributed by atoms with Crippen LogP contribution in [0.2, 0.25) is 5.02 Å². The number of nitrogens with zero attached hydrogens (tertiary/aromatic N) is 6. The molecule has 30 heavy (non-hydrogen) atoms. The van der Waals surface area contributed by atoms with Crippen LogP contribution in [0, 0.1) is 0 Å². The zero-order valence-electron chi connectivity index (χ0n) is 16.2. The lowest BCUT2D eigenvalue weighted by molar-refractivity contribution is 0.348. The lowest BCUT2D eigenvalue weighted by Gasteiger charge is -2.35. The first-order valence-corrected chi connectivity index (χ1v) is 9.84. The van der Waals surface area contributed by atoms with E-state index in [-0.39, 0.29) is 6.17 Å². The second kappa shape index (κ2) is 7.47. The fraction of sp³-hybridized carbons (Fsp3) is 0.263. The van der Waals surface area contributed by atoms with Crippen LogP contribution in [0.3, 0.4) is 0 Å². The van der Waals surface area contributed by atoms with E-state index >= 15 is 0 Å². The van der Waals surface area contributed by atoms with E-state index in [0.29, 0.717) is 45.7 Å². The van der Waals surface area contributed by atoms with Crippen LogP contribution >= 0.6 is 11.6 Å². The molecule has 4 N–H and O–H groups in total. The summed E-state index contributed by atoms with van der Waals surface area (Å²) in [5, 5.41) is 9.58. The summed E-state index contributed by atoms with van der Waals surface area (Å²) < 4.78 is 7.22. The molecule has 1 unspecified atom stereocenters. The van der Waals surface area contributed by atoms with Crippen LogP contribution in [0.25, 0.3) is 22.6 Å². The molecule has 0 saturated carbocycles. The molecule has 0 amide bonds. The number of aromatic amines is 1. The van der Waals surface area contributed by atoms with E-state index in [1.54, 1.807) is 19.5 Å². The molecular formula is C19H20ClN9O. The van der Waals surface area contributed by atoms with E-state index in [1.807, 2.05) is 22.9 Å². The predicted octanol–water partition coefficient (Wildman–Crippen LogP) is 2.07. The summed E-state index contributed by atoms with van der Waals surface area (Å²) in [7, 11) is 1.61. The summed E-state index contributed by atoms with van der Waals surface area (Å²) in [4.78, 5) is 18.3. The van der Waals surface area contributed by atoms with Gasteiger partial charge in [0.25, 0.3) is 0 Å². The zero-order chi connectivity index (χ0) is 20.7. The van der Waals surface area contributed by atoms with Gasteiger partial charge < -0.3 is 20.4 Å². The predicted molar refractivity (Wildman–Crippen MR) is 115 cm³/mol. The maximum atomic E-state index is 6.19. The van der Waals surface area contributed by atoms with Crippen molar-refractivity contribution >= 4 is 34.1 Å². The average molecular weight is 426 g/mol. The molecule has 0 spiro atoms. The number of hydrogen-bond acceptors (Lipinski definition) is 8. The Hall–Kier alpha value is -3.37. The van der Waals surface area contributed by atoms with Crippen molar-refractivity contribution in [2.45, 2.75) is 6.17 Å². The largest absolute Gasteiger partial charge is 0.495 e. The molecule has 11 heteroatoms. The third-order valence-electron chi connectivity index (χ3n) is 5.19. The molecule has 5 rings (SSSR count). The van der Waals surface area contributed by atoms with Gasteiger partial charge in [-0.1, -0.05) is 11.6 Å². The minimum absolute atomic E-state index is 0.124. The standard InChI is InChI=1S/C19H20ClN9O/c1-30-13-8-11(2-3-12(13)20)28-7-6-22-14(9-28)29-19-15(17(21)25-10-26-19)16(27-29)18-23-4-5-24-18/h2-5,8,10,14,22H,6-7,9H2,1H3,(H,23,24)(H2,21,25,26). The molecule has 1 fully saturated rings. The van der Waals surface area contributed by atoms with Crippen LogP contribution in [-0.2, 0) is 0 Å². The number of aromatic nitrogens is 6. The summed E-state index contributed by atoms with van der Waals surface area (Å²) in [6, 6.07) is 5.78. The molecule has 1 saturated heterocycles. The third kappa shape index (κ3) is 3.10. The molecule has 0 bridgehead atoms. The molecular weight excluding hydrogens is 406 g/mol. The smallest absolute Gasteiger partial charge is 0.165 e. The van der Waals surface area contributed by atoms with Crippen LogP contribution < -0.4 is 20.7 Å². The van der Waals surface area contributed by atoms with E-state index in [1.165, 1.54) is 6.33 Å². The molecule has 0 radical (unpaired) electrons. The maximum Gasteiger partial charge on any atom is 0.165 e. The highest BCUT2D eigenvalue weighted by Crippen LogP contribution is 2.32. The number of nitrogen functional groups attached to an aromatic ring is 1. The van der Waals surface area contributed by atoms with Gasteiger partial charge in [-0.15, -0.1) is 0 Å². The second-order valence-corrected chi connectivity index (χ2v) is 7.33. The van der Waals surface area contributed by atoms with Crippen molar-refractivity contribution in [1.82, 2.24) is 35.0 Å². The van der Waals surface area contributed by atoms with Crippen molar-refractivity contribution in [1.29, 1.82) is 0 Å². The Bertz CT molecular complexity index is 1190. The fourth-order valence-corrected chi connectivity index (χ4v) is 3.94. The lowest BCUT2D eigenvalue weighted by Crippen LogP contribution is -2.48. The van der Waals surface area contributed by atoms with Crippen LogP contribution in [-0.4, -0.2) is 56.5 Å². The number of ether oxygens (including phenoxy) is 1. The van der Waals surface area contributed by atoms with E-state index in [2.05, 4.69) is 30.2 Å². The number of hydrogen-bond donors (Lipinski definition) is 3. The number of anilines is 2. The number of fused-ring (bicyclic) bond motifs is 1. The van der Waals surface area contributed by atoms with Gasteiger partial charge in [-0.3, -0.25) is 5.32 Å². The van der Waals surface area contributed by atoms with Crippen molar-refractivity contribution in [3.63, 3.8) is 0 Å². The molecule has 1 aromatic carbocycles.